The first kappa shape index (κ1) is 11.5. The van der Waals surface area contributed by atoms with Crippen molar-refractivity contribution in [2.45, 2.75) is 38.8 Å². The Bertz CT molecular complexity index is 282. The first-order valence-corrected chi connectivity index (χ1v) is 6.09. The molecule has 0 radical (unpaired) electrons. The van der Waals surface area contributed by atoms with E-state index in [1.54, 1.807) is 0 Å². The van der Waals surface area contributed by atoms with E-state index in [0.29, 0.717) is 6.04 Å². The van der Waals surface area contributed by atoms with Gasteiger partial charge in [0.05, 0.1) is 6.54 Å². The monoisotopic (exact) mass is 224 g/mol. The van der Waals surface area contributed by atoms with Gasteiger partial charge in [0.1, 0.15) is 0 Å². The van der Waals surface area contributed by atoms with E-state index in [2.05, 4.69) is 27.3 Å². The number of likely N-dealkylation sites (N-methyl/N-ethyl adjacent to an activating group) is 1. The summed E-state index contributed by atoms with van der Waals surface area (Å²) in [7, 11) is 0. The Labute approximate surface area is 96.2 Å². The van der Waals surface area contributed by atoms with Crippen LogP contribution in [-0.2, 0) is 6.54 Å². The highest BCUT2D eigenvalue weighted by Gasteiger charge is 2.16. The van der Waals surface area contributed by atoms with Crippen LogP contribution in [0.15, 0.2) is 10.9 Å². The molecule has 1 aliphatic rings. The lowest BCUT2D eigenvalue weighted by molar-refractivity contribution is 0.219. The SMILES string of the molecule is CCN(Cc1ncon1)CC1CCCCN1. The standard InChI is InChI=1S/C11H20N4O/c1-2-15(8-11-13-9-16-14-11)7-10-5-3-4-6-12-10/h9-10,12H,2-8H2,1H3. The van der Waals surface area contributed by atoms with Crippen molar-refractivity contribution in [3.8, 4) is 0 Å². The minimum absolute atomic E-state index is 0.626. The Morgan fingerprint density at radius 1 is 1.56 bits per heavy atom. The lowest BCUT2D eigenvalue weighted by Gasteiger charge is -2.29. The van der Waals surface area contributed by atoms with Crippen LogP contribution in [0, 0.1) is 0 Å². The summed E-state index contributed by atoms with van der Waals surface area (Å²) in [6, 6.07) is 0.626. The molecule has 5 nitrogen and oxygen atoms in total. The molecule has 1 aromatic heterocycles. The van der Waals surface area contributed by atoms with Crippen LogP contribution in [0.5, 0.6) is 0 Å². The Kier molecular flexibility index (Phi) is 4.30. The van der Waals surface area contributed by atoms with Crippen LogP contribution in [0.3, 0.4) is 0 Å². The van der Waals surface area contributed by atoms with Gasteiger partial charge in [0.15, 0.2) is 5.82 Å². The molecular weight excluding hydrogens is 204 g/mol. The van der Waals surface area contributed by atoms with E-state index in [9.17, 15) is 0 Å². The minimum Gasteiger partial charge on any atom is -0.343 e. The summed E-state index contributed by atoms with van der Waals surface area (Å²) in [6.45, 7) is 6.20. The van der Waals surface area contributed by atoms with E-state index in [4.69, 9.17) is 4.52 Å². The van der Waals surface area contributed by atoms with Gasteiger partial charge in [0, 0.05) is 12.6 Å². The summed E-state index contributed by atoms with van der Waals surface area (Å²) in [6.07, 6.45) is 5.33. The molecule has 0 aromatic carbocycles. The van der Waals surface area contributed by atoms with Gasteiger partial charge < -0.3 is 9.84 Å². The zero-order valence-corrected chi connectivity index (χ0v) is 9.85. The predicted octanol–water partition coefficient (Wildman–Crippen LogP) is 1.03. The van der Waals surface area contributed by atoms with Gasteiger partial charge in [0.25, 0.3) is 0 Å². The molecule has 1 aromatic rings. The molecular formula is C11H20N4O. The lowest BCUT2D eigenvalue weighted by atomic mass is 10.0. The molecule has 0 saturated carbocycles. The second-order valence-corrected chi connectivity index (χ2v) is 4.32. The Morgan fingerprint density at radius 2 is 2.50 bits per heavy atom. The fraction of sp³-hybridized carbons (Fsp3) is 0.818. The van der Waals surface area contributed by atoms with Crippen LogP contribution in [0.25, 0.3) is 0 Å². The second kappa shape index (κ2) is 5.96. The quantitative estimate of drug-likeness (QED) is 0.809. The first-order valence-electron chi connectivity index (χ1n) is 6.09. The van der Waals surface area contributed by atoms with Gasteiger partial charge in [0.2, 0.25) is 6.39 Å². The molecule has 16 heavy (non-hydrogen) atoms. The van der Waals surface area contributed by atoms with Crippen molar-refractivity contribution in [3.63, 3.8) is 0 Å². The molecule has 1 N–H and O–H groups in total. The molecule has 0 spiro atoms. The van der Waals surface area contributed by atoms with Crippen molar-refractivity contribution in [3.05, 3.63) is 12.2 Å². The van der Waals surface area contributed by atoms with Gasteiger partial charge in [-0.1, -0.05) is 18.5 Å². The summed E-state index contributed by atoms with van der Waals surface area (Å²) in [4.78, 5) is 6.41. The molecule has 5 heteroatoms. The Balaban J connectivity index is 1.80. The van der Waals surface area contributed by atoms with Crippen molar-refractivity contribution in [1.82, 2.24) is 20.4 Å². The molecule has 0 bridgehead atoms. The van der Waals surface area contributed by atoms with Crippen molar-refractivity contribution in [2.75, 3.05) is 19.6 Å². The number of piperidine rings is 1. The van der Waals surface area contributed by atoms with Crippen LogP contribution in [0.1, 0.15) is 32.0 Å². The van der Waals surface area contributed by atoms with E-state index in [-0.39, 0.29) is 0 Å². The molecule has 2 heterocycles. The average Bonchev–Trinajstić information content (AvgIpc) is 2.82. The third kappa shape index (κ3) is 3.28. The van der Waals surface area contributed by atoms with Gasteiger partial charge in [-0.25, -0.2) is 0 Å². The second-order valence-electron chi connectivity index (χ2n) is 4.32. The normalized spacial score (nSPS) is 21.5. The molecule has 1 unspecified atom stereocenters. The molecule has 1 fully saturated rings. The fourth-order valence-electron chi connectivity index (χ4n) is 2.16. The van der Waals surface area contributed by atoms with E-state index in [1.165, 1.54) is 25.7 Å². The lowest BCUT2D eigenvalue weighted by Crippen LogP contribution is -2.43. The molecule has 0 aliphatic carbocycles. The predicted molar refractivity (Wildman–Crippen MR) is 60.9 cm³/mol. The maximum absolute atomic E-state index is 4.75. The smallest absolute Gasteiger partial charge is 0.213 e. The van der Waals surface area contributed by atoms with Crippen LogP contribution in [0.4, 0.5) is 0 Å². The summed E-state index contributed by atoms with van der Waals surface area (Å²) in [5, 5.41) is 7.41. The number of aromatic nitrogens is 2. The number of nitrogens with zero attached hydrogens (tertiary/aromatic N) is 3. The largest absolute Gasteiger partial charge is 0.343 e. The van der Waals surface area contributed by atoms with Crippen molar-refractivity contribution in [2.24, 2.45) is 0 Å². The summed E-state index contributed by atoms with van der Waals surface area (Å²) in [5.41, 5.74) is 0. The number of nitrogens with one attached hydrogen (secondary N) is 1. The Hall–Kier alpha value is -0.940. The van der Waals surface area contributed by atoms with Gasteiger partial charge in [-0.05, 0) is 25.9 Å². The summed E-state index contributed by atoms with van der Waals surface area (Å²) < 4.78 is 4.75. The third-order valence-corrected chi connectivity index (χ3v) is 3.11. The van der Waals surface area contributed by atoms with Gasteiger partial charge in [-0.3, -0.25) is 4.90 Å². The van der Waals surface area contributed by atoms with Crippen LogP contribution < -0.4 is 5.32 Å². The van der Waals surface area contributed by atoms with Crippen LogP contribution >= 0.6 is 0 Å². The Morgan fingerprint density at radius 3 is 3.12 bits per heavy atom. The molecule has 1 saturated heterocycles. The molecule has 2 rings (SSSR count). The van der Waals surface area contributed by atoms with E-state index < -0.39 is 0 Å². The molecule has 1 aliphatic heterocycles. The number of hydrogen-bond donors (Lipinski definition) is 1. The van der Waals surface area contributed by atoms with Crippen LogP contribution in [0.2, 0.25) is 0 Å². The van der Waals surface area contributed by atoms with Crippen molar-refractivity contribution < 1.29 is 4.52 Å². The highest BCUT2D eigenvalue weighted by molar-refractivity contribution is 4.81. The third-order valence-electron chi connectivity index (χ3n) is 3.11. The zero-order chi connectivity index (χ0) is 11.2. The first-order chi connectivity index (χ1) is 7.88. The van der Waals surface area contributed by atoms with Crippen molar-refractivity contribution in [1.29, 1.82) is 0 Å². The van der Waals surface area contributed by atoms with Gasteiger partial charge in [-0.15, -0.1) is 0 Å². The maximum atomic E-state index is 4.75. The topological polar surface area (TPSA) is 54.2 Å². The van der Waals surface area contributed by atoms with Gasteiger partial charge >= 0.3 is 0 Å². The highest BCUT2D eigenvalue weighted by Crippen LogP contribution is 2.09. The highest BCUT2D eigenvalue weighted by atomic mass is 16.5. The van der Waals surface area contributed by atoms with E-state index in [0.717, 1.165) is 32.0 Å². The fourth-order valence-corrected chi connectivity index (χ4v) is 2.16. The summed E-state index contributed by atoms with van der Waals surface area (Å²) in [5.74, 6) is 0.776. The maximum Gasteiger partial charge on any atom is 0.213 e. The minimum atomic E-state index is 0.626. The summed E-state index contributed by atoms with van der Waals surface area (Å²) >= 11 is 0. The molecule has 1 atom stereocenters. The number of rotatable bonds is 5. The molecule has 0 amide bonds. The zero-order valence-electron chi connectivity index (χ0n) is 9.85. The van der Waals surface area contributed by atoms with E-state index in [1.807, 2.05) is 0 Å². The van der Waals surface area contributed by atoms with E-state index >= 15 is 0 Å². The average molecular weight is 224 g/mol. The molecule has 90 valence electrons. The van der Waals surface area contributed by atoms with Gasteiger partial charge in [-0.2, -0.15) is 4.98 Å². The number of hydrogen-bond acceptors (Lipinski definition) is 5. The van der Waals surface area contributed by atoms with Crippen molar-refractivity contribution >= 4 is 0 Å². The van der Waals surface area contributed by atoms with Crippen LogP contribution in [-0.4, -0.2) is 40.7 Å².